The van der Waals surface area contributed by atoms with Gasteiger partial charge in [-0.2, -0.15) is 5.26 Å². The molecule has 114 valence electrons. The third kappa shape index (κ3) is 4.85. The van der Waals surface area contributed by atoms with Gasteiger partial charge in [-0.15, -0.1) is 0 Å². The molecule has 5 nitrogen and oxygen atoms in total. The summed E-state index contributed by atoms with van der Waals surface area (Å²) in [6.07, 6.45) is -0.704. The topological polar surface area (TPSA) is 76.4 Å². The molecule has 2 N–H and O–H groups in total. The van der Waals surface area contributed by atoms with Crippen LogP contribution in [0.4, 0.5) is 0 Å². The van der Waals surface area contributed by atoms with Gasteiger partial charge >= 0.3 is 0 Å². The fourth-order valence-corrected chi connectivity index (χ4v) is 2.08. The van der Waals surface area contributed by atoms with E-state index in [1.807, 2.05) is 19.9 Å². The Morgan fingerprint density at radius 3 is 2.38 bits per heavy atom. The van der Waals surface area contributed by atoms with Gasteiger partial charge in [0.05, 0.1) is 23.8 Å². The highest BCUT2D eigenvalue weighted by Gasteiger charge is 2.18. The lowest BCUT2D eigenvalue weighted by Crippen LogP contribution is -2.45. The van der Waals surface area contributed by atoms with Gasteiger partial charge < -0.3 is 15.3 Å². The lowest BCUT2D eigenvalue weighted by atomic mass is 10.1. The molecule has 0 aliphatic carbocycles. The maximum absolute atomic E-state index is 12.1. The van der Waals surface area contributed by atoms with E-state index in [2.05, 4.69) is 5.32 Å². The number of carbonyl (C=O) groups excluding carboxylic acids is 1. The zero-order valence-corrected chi connectivity index (χ0v) is 12.8. The van der Waals surface area contributed by atoms with Crippen LogP contribution in [0.1, 0.15) is 38.0 Å². The van der Waals surface area contributed by atoms with Gasteiger partial charge in [0, 0.05) is 19.6 Å². The minimum atomic E-state index is -0.704. The molecule has 0 heterocycles. The Balaban J connectivity index is 2.53. The monoisotopic (exact) mass is 289 g/mol. The summed E-state index contributed by atoms with van der Waals surface area (Å²) in [5, 5.41) is 21.9. The SMILES string of the molecule is CCN(CC)C(=O)C(C)NCC(O)c1ccc(C#N)cc1. The highest BCUT2D eigenvalue weighted by atomic mass is 16.3. The highest BCUT2D eigenvalue weighted by Crippen LogP contribution is 2.13. The first-order valence-electron chi connectivity index (χ1n) is 7.23. The molecule has 0 spiro atoms. The van der Waals surface area contributed by atoms with Crippen molar-refractivity contribution in [2.24, 2.45) is 0 Å². The van der Waals surface area contributed by atoms with Crippen LogP contribution in [-0.2, 0) is 4.79 Å². The van der Waals surface area contributed by atoms with Crippen molar-refractivity contribution in [2.45, 2.75) is 32.9 Å². The molecule has 0 fully saturated rings. The molecule has 0 aromatic heterocycles. The number of likely N-dealkylation sites (N-methyl/N-ethyl adjacent to an activating group) is 1. The first-order valence-corrected chi connectivity index (χ1v) is 7.23. The van der Waals surface area contributed by atoms with Gasteiger partial charge in [-0.3, -0.25) is 4.79 Å². The zero-order valence-electron chi connectivity index (χ0n) is 12.8. The Labute approximate surface area is 126 Å². The van der Waals surface area contributed by atoms with Gasteiger partial charge in [0.2, 0.25) is 5.91 Å². The molecule has 1 aromatic carbocycles. The number of nitrogens with zero attached hydrogens (tertiary/aromatic N) is 2. The first kappa shape index (κ1) is 17.2. The summed E-state index contributed by atoms with van der Waals surface area (Å²) in [6.45, 7) is 7.34. The summed E-state index contributed by atoms with van der Waals surface area (Å²) in [7, 11) is 0. The Bertz CT molecular complexity index is 489. The second-order valence-corrected chi connectivity index (χ2v) is 4.89. The third-order valence-corrected chi connectivity index (χ3v) is 3.49. The molecule has 0 aliphatic heterocycles. The smallest absolute Gasteiger partial charge is 0.239 e. The molecule has 0 saturated carbocycles. The van der Waals surface area contributed by atoms with Gasteiger partial charge in [0.15, 0.2) is 0 Å². The fraction of sp³-hybridized carbons (Fsp3) is 0.500. The fourth-order valence-electron chi connectivity index (χ4n) is 2.08. The van der Waals surface area contributed by atoms with E-state index in [0.29, 0.717) is 25.2 Å². The van der Waals surface area contributed by atoms with E-state index in [1.54, 1.807) is 36.1 Å². The molecule has 0 saturated heterocycles. The number of aliphatic hydroxyl groups is 1. The minimum absolute atomic E-state index is 0.0343. The average molecular weight is 289 g/mol. The Hall–Kier alpha value is -1.90. The summed E-state index contributed by atoms with van der Waals surface area (Å²) in [5.41, 5.74) is 1.29. The van der Waals surface area contributed by atoms with Crippen LogP contribution in [0.25, 0.3) is 0 Å². The number of carbonyl (C=O) groups is 1. The van der Waals surface area contributed by atoms with Crippen molar-refractivity contribution in [2.75, 3.05) is 19.6 Å². The third-order valence-electron chi connectivity index (χ3n) is 3.49. The van der Waals surface area contributed by atoms with Crippen LogP contribution >= 0.6 is 0 Å². The van der Waals surface area contributed by atoms with Crippen LogP contribution < -0.4 is 5.32 Å². The van der Waals surface area contributed by atoms with E-state index in [9.17, 15) is 9.90 Å². The van der Waals surface area contributed by atoms with Crippen molar-refractivity contribution in [1.29, 1.82) is 5.26 Å². The Kier molecular flexibility index (Phi) is 6.86. The van der Waals surface area contributed by atoms with Gasteiger partial charge in [0.25, 0.3) is 0 Å². The molecule has 0 bridgehead atoms. The number of hydrogen-bond acceptors (Lipinski definition) is 4. The summed E-state index contributed by atoms with van der Waals surface area (Å²) in [6, 6.07) is 8.49. The highest BCUT2D eigenvalue weighted by molar-refractivity contribution is 5.81. The van der Waals surface area contributed by atoms with Gasteiger partial charge in [-0.25, -0.2) is 0 Å². The van der Waals surface area contributed by atoms with Crippen molar-refractivity contribution in [3.8, 4) is 6.07 Å². The normalized spacial score (nSPS) is 13.3. The maximum Gasteiger partial charge on any atom is 0.239 e. The Morgan fingerprint density at radius 1 is 1.33 bits per heavy atom. The number of nitrogens with one attached hydrogen (secondary N) is 1. The van der Waals surface area contributed by atoms with Crippen LogP contribution in [0.3, 0.4) is 0 Å². The summed E-state index contributed by atoms with van der Waals surface area (Å²) < 4.78 is 0. The van der Waals surface area contributed by atoms with Crippen LogP contribution in [0.15, 0.2) is 24.3 Å². The standard InChI is InChI=1S/C16H23N3O2/c1-4-19(5-2)16(21)12(3)18-11-15(20)14-8-6-13(10-17)7-9-14/h6-9,12,15,18,20H,4-5,11H2,1-3H3. The van der Waals surface area contributed by atoms with Crippen LogP contribution in [0.2, 0.25) is 0 Å². The number of amides is 1. The molecule has 0 radical (unpaired) electrons. The molecule has 2 unspecified atom stereocenters. The molecule has 1 rings (SSSR count). The molecular formula is C16H23N3O2. The molecule has 5 heteroatoms. The molecule has 21 heavy (non-hydrogen) atoms. The quantitative estimate of drug-likeness (QED) is 0.796. The molecule has 1 aromatic rings. The predicted molar refractivity (Wildman–Crippen MR) is 81.5 cm³/mol. The van der Waals surface area contributed by atoms with Crippen molar-refractivity contribution < 1.29 is 9.90 Å². The van der Waals surface area contributed by atoms with Crippen LogP contribution in [0.5, 0.6) is 0 Å². The molecular weight excluding hydrogens is 266 g/mol. The lowest BCUT2D eigenvalue weighted by molar-refractivity contribution is -0.132. The van der Waals surface area contributed by atoms with Crippen LogP contribution in [0, 0.1) is 11.3 Å². The van der Waals surface area contributed by atoms with Crippen molar-refractivity contribution in [1.82, 2.24) is 10.2 Å². The lowest BCUT2D eigenvalue weighted by Gasteiger charge is -2.24. The second-order valence-electron chi connectivity index (χ2n) is 4.89. The number of nitriles is 1. The number of rotatable bonds is 7. The van der Waals surface area contributed by atoms with E-state index in [0.717, 1.165) is 5.56 Å². The number of aliphatic hydroxyl groups excluding tert-OH is 1. The maximum atomic E-state index is 12.1. The predicted octanol–water partition coefficient (Wildman–Crippen LogP) is 1.44. The molecule has 2 atom stereocenters. The average Bonchev–Trinajstić information content (AvgIpc) is 2.53. The van der Waals surface area contributed by atoms with Crippen molar-refractivity contribution >= 4 is 5.91 Å². The minimum Gasteiger partial charge on any atom is -0.387 e. The van der Waals surface area contributed by atoms with Crippen LogP contribution in [-0.4, -0.2) is 41.6 Å². The van der Waals surface area contributed by atoms with E-state index >= 15 is 0 Å². The molecule has 1 amide bonds. The Morgan fingerprint density at radius 2 is 1.90 bits per heavy atom. The van der Waals surface area contributed by atoms with Crippen molar-refractivity contribution in [3.05, 3.63) is 35.4 Å². The second kappa shape index (κ2) is 8.40. The van der Waals surface area contributed by atoms with E-state index < -0.39 is 6.10 Å². The zero-order chi connectivity index (χ0) is 15.8. The van der Waals surface area contributed by atoms with E-state index in [1.165, 1.54) is 0 Å². The first-order chi connectivity index (χ1) is 10.0. The largest absolute Gasteiger partial charge is 0.387 e. The molecule has 0 aliphatic rings. The van der Waals surface area contributed by atoms with Gasteiger partial charge in [0.1, 0.15) is 0 Å². The van der Waals surface area contributed by atoms with Gasteiger partial charge in [-0.1, -0.05) is 12.1 Å². The summed E-state index contributed by atoms with van der Waals surface area (Å²) >= 11 is 0. The van der Waals surface area contributed by atoms with E-state index in [4.69, 9.17) is 5.26 Å². The van der Waals surface area contributed by atoms with Gasteiger partial charge in [-0.05, 0) is 38.5 Å². The number of benzene rings is 1. The summed E-state index contributed by atoms with van der Waals surface area (Å²) in [4.78, 5) is 13.8. The number of hydrogen-bond donors (Lipinski definition) is 2. The van der Waals surface area contributed by atoms with E-state index in [-0.39, 0.29) is 11.9 Å². The van der Waals surface area contributed by atoms with Crippen molar-refractivity contribution in [3.63, 3.8) is 0 Å². The summed E-state index contributed by atoms with van der Waals surface area (Å²) in [5.74, 6) is 0.0343.